The molecule has 0 amide bonds. The molecule has 1 saturated heterocycles. The summed E-state index contributed by atoms with van der Waals surface area (Å²) in [5.41, 5.74) is 0.0433. The van der Waals surface area contributed by atoms with Gasteiger partial charge in [-0.05, 0) is 38.0 Å². The van der Waals surface area contributed by atoms with Crippen LogP contribution in [-0.4, -0.2) is 31.5 Å². The molecule has 1 aliphatic carbocycles. The van der Waals surface area contributed by atoms with Crippen LogP contribution in [0.2, 0.25) is 0 Å². The van der Waals surface area contributed by atoms with E-state index < -0.39 is 0 Å². The second kappa shape index (κ2) is 12.8. The summed E-state index contributed by atoms with van der Waals surface area (Å²) in [6.45, 7) is 8.39. The Kier molecular flexibility index (Phi) is 10.7. The van der Waals surface area contributed by atoms with Gasteiger partial charge in [0.2, 0.25) is 0 Å². The van der Waals surface area contributed by atoms with Gasteiger partial charge in [-0.1, -0.05) is 71.3 Å². The van der Waals surface area contributed by atoms with E-state index in [0.29, 0.717) is 6.10 Å². The third-order valence-electron chi connectivity index (χ3n) is 6.24. The number of unbranched alkanes of at least 4 members (excludes halogenated alkanes) is 5. The Hall–Kier alpha value is -0.540. The van der Waals surface area contributed by atoms with Crippen LogP contribution in [0.1, 0.15) is 96.8 Å². The van der Waals surface area contributed by atoms with Gasteiger partial charge in [0.15, 0.2) is 0 Å². The molecule has 2 fully saturated rings. The van der Waals surface area contributed by atoms with Gasteiger partial charge in [-0.25, -0.2) is 0 Å². The Morgan fingerprint density at radius 1 is 1.00 bits per heavy atom. The normalized spacial score (nSPS) is 22.7. The monoisotopic (exact) mass is 366 g/mol. The fraction of sp³-hybridized carbons (Fsp3) is 0.913. The first-order chi connectivity index (χ1) is 12.8. The third-order valence-corrected chi connectivity index (χ3v) is 6.24. The highest BCUT2D eigenvalue weighted by atomic mass is 16.6. The molecule has 3 nitrogen and oxygen atoms in total. The number of hydrogen-bond donors (Lipinski definition) is 0. The molecule has 26 heavy (non-hydrogen) atoms. The Morgan fingerprint density at radius 2 is 1.69 bits per heavy atom. The first kappa shape index (κ1) is 21.8. The number of rotatable bonds is 16. The Morgan fingerprint density at radius 3 is 2.38 bits per heavy atom. The van der Waals surface area contributed by atoms with Gasteiger partial charge in [0.05, 0.1) is 31.7 Å². The number of hydrogen-bond acceptors (Lipinski definition) is 3. The van der Waals surface area contributed by atoms with Crippen molar-refractivity contribution in [3.63, 3.8) is 0 Å². The van der Waals surface area contributed by atoms with Gasteiger partial charge < -0.3 is 14.2 Å². The molecule has 1 saturated carbocycles. The fourth-order valence-electron chi connectivity index (χ4n) is 4.59. The van der Waals surface area contributed by atoms with E-state index >= 15 is 0 Å². The van der Waals surface area contributed by atoms with Crippen molar-refractivity contribution in [1.29, 1.82) is 0 Å². The second-order valence-electron chi connectivity index (χ2n) is 8.32. The molecule has 1 aliphatic heterocycles. The largest absolute Gasteiger partial charge is 0.502 e. The van der Waals surface area contributed by atoms with Crippen LogP contribution in [-0.2, 0) is 14.2 Å². The highest BCUT2D eigenvalue weighted by molar-refractivity contribution is 4.91. The van der Waals surface area contributed by atoms with Gasteiger partial charge in [0, 0.05) is 0 Å². The lowest BCUT2D eigenvalue weighted by Crippen LogP contribution is -2.43. The molecule has 1 heterocycles. The summed E-state index contributed by atoms with van der Waals surface area (Å²) >= 11 is 0. The smallest absolute Gasteiger partial charge is 0.104 e. The van der Waals surface area contributed by atoms with E-state index in [1.165, 1.54) is 77.0 Å². The second-order valence-corrected chi connectivity index (χ2v) is 8.32. The Bertz CT molecular complexity index is 360. The highest BCUT2D eigenvalue weighted by Crippen LogP contribution is 2.42. The van der Waals surface area contributed by atoms with E-state index in [1.807, 2.05) is 0 Å². The summed E-state index contributed by atoms with van der Waals surface area (Å²) < 4.78 is 17.5. The van der Waals surface area contributed by atoms with E-state index in [1.54, 1.807) is 6.26 Å². The standard InChI is InChI=1S/C23H42O3/c1-3-5-6-7-8-12-16-23(17-13-18-24-4-2,26-20-22-19-25-22)21-14-10-9-11-15-21/h4,21-22H,2-3,5-20H2,1H3. The maximum atomic E-state index is 6.69. The first-order valence-corrected chi connectivity index (χ1v) is 11.3. The minimum absolute atomic E-state index is 0.0433. The van der Waals surface area contributed by atoms with Gasteiger partial charge in [-0.2, -0.15) is 0 Å². The van der Waals surface area contributed by atoms with Crippen LogP contribution in [0.4, 0.5) is 0 Å². The van der Waals surface area contributed by atoms with Crippen molar-refractivity contribution in [2.24, 2.45) is 5.92 Å². The molecule has 2 rings (SSSR count). The van der Waals surface area contributed by atoms with Gasteiger partial charge >= 0.3 is 0 Å². The molecule has 2 atom stereocenters. The molecular formula is C23H42O3. The zero-order valence-corrected chi connectivity index (χ0v) is 17.2. The lowest BCUT2D eigenvalue weighted by molar-refractivity contribution is -0.115. The van der Waals surface area contributed by atoms with Crippen molar-refractivity contribution in [1.82, 2.24) is 0 Å². The van der Waals surface area contributed by atoms with Crippen molar-refractivity contribution in [2.45, 2.75) is 109 Å². The molecule has 0 aromatic heterocycles. The van der Waals surface area contributed by atoms with Crippen molar-refractivity contribution in [2.75, 3.05) is 19.8 Å². The Balaban J connectivity index is 1.91. The first-order valence-electron chi connectivity index (χ1n) is 11.3. The molecule has 152 valence electrons. The van der Waals surface area contributed by atoms with Gasteiger partial charge in [0.25, 0.3) is 0 Å². The van der Waals surface area contributed by atoms with Crippen LogP contribution in [0.15, 0.2) is 12.8 Å². The predicted octanol–water partition coefficient (Wildman–Crippen LogP) is 6.41. The van der Waals surface area contributed by atoms with Gasteiger partial charge in [-0.15, -0.1) is 0 Å². The van der Waals surface area contributed by atoms with E-state index in [4.69, 9.17) is 14.2 Å². The number of ether oxygens (including phenoxy) is 3. The van der Waals surface area contributed by atoms with Gasteiger partial charge in [-0.3, -0.25) is 0 Å². The van der Waals surface area contributed by atoms with Crippen molar-refractivity contribution in [3.05, 3.63) is 12.8 Å². The maximum absolute atomic E-state index is 6.69. The highest BCUT2D eigenvalue weighted by Gasteiger charge is 2.41. The number of epoxide rings is 1. The van der Waals surface area contributed by atoms with Crippen LogP contribution < -0.4 is 0 Å². The van der Waals surface area contributed by atoms with Crippen molar-refractivity contribution in [3.8, 4) is 0 Å². The molecule has 0 aromatic rings. The molecular weight excluding hydrogens is 324 g/mol. The fourth-order valence-corrected chi connectivity index (χ4v) is 4.59. The van der Waals surface area contributed by atoms with Gasteiger partial charge in [0.1, 0.15) is 6.10 Å². The molecule has 2 unspecified atom stereocenters. The molecule has 0 radical (unpaired) electrons. The lowest BCUT2D eigenvalue weighted by atomic mass is 9.72. The summed E-state index contributed by atoms with van der Waals surface area (Å²) in [6, 6.07) is 0. The van der Waals surface area contributed by atoms with Crippen LogP contribution >= 0.6 is 0 Å². The molecule has 2 aliphatic rings. The molecule has 0 aromatic carbocycles. The average molecular weight is 367 g/mol. The zero-order valence-electron chi connectivity index (χ0n) is 17.2. The van der Waals surface area contributed by atoms with Crippen molar-refractivity contribution < 1.29 is 14.2 Å². The van der Waals surface area contributed by atoms with E-state index in [2.05, 4.69) is 13.5 Å². The summed E-state index contributed by atoms with van der Waals surface area (Å²) in [7, 11) is 0. The quantitative estimate of drug-likeness (QED) is 0.180. The molecule has 0 N–H and O–H groups in total. The van der Waals surface area contributed by atoms with Crippen LogP contribution in [0.25, 0.3) is 0 Å². The summed E-state index contributed by atoms with van der Waals surface area (Å²) in [5.74, 6) is 0.717. The minimum atomic E-state index is 0.0433. The lowest BCUT2D eigenvalue weighted by Gasteiger charge is -2.43. The predicted molar refractivity (Wildman–Crippen MR) is 108 cm³/mol. The zero-order chi connectivity index (χ0) is 18.5. The Labute approximate surface area is 161 Å². The minimum Gasteiger partial charge on any atom is -0.502 e. The van der Waals surface area contributed by atoms with E-state index in [0.717, 1.165) is 38.6 Å². The maximum Gasteiger partial charge on any atom is 0.104 e. The summed E-state index contributed by atoms with van der Waals surface area (Å²) in [5, 5.41) is 0. The molecule has 3 heteroatoms. The van der Waals surface area contributed by atoms with E-state index in [-0.39, 0.29) is 5.60 Å². The van der Waals surface area contributed by atoms with Crippen LogP contribution in [0.3, 0.4) is 0 Å². The molecule has 0 spiro atoms. The SMILES string of the molecule is C=COCCCC(CCCCCCCC)(OCC1CO1)C1CCCCC1. The third kappa shape index (κ3) is 8.00. The van der Waals surface area contributed by atoms with Crippen LogP contribution in [0, 0.1) is 5.92 Å². The van der Waals surface area contributed by atoms with Crippen LogP contribution in [0.5, 0.6) is 0 Å². The molecule has 0 bridgehead atoms. The average Bonchev–Trinajstić information content (AvgIpc) is 3.51. The topological polar surface area (TPSA) is 31.0 Å². The van der Waals surface area contributed by atoms with Crippen molar-refractivity contribution >= 4 is 0 Å². The summed E-state index contributed by atoms with van der Waals surface area (Å²) in [6.07, 6.45) is 20.2. The summed E-state index contributed by atoms with van der Waals surface area (Å²) in [4.78, 5) is 0. The van der Waals surface area contributed by atoms with E-state index in [9.17, 15) is 0 Å².